The second kappa shape index (κ2) is 3.45. The van der Waals surface area contributed by atoms with E-state index < -0.39 is 17.9 Å². The van der Waals surface area contributed by atoms with Crippen molar-refractivity contribution in [2.75, 3.05) is 19.7 Å². The fourth-order valence-electron chi connectivity index (χ4n) is 0.972. The lowest BCUT2D eigenvalue weighted by atomic mass is 10.1. The highest BCUT2D eigenvalue weighted by Gasteiger charge is 2.38. The molecule has 1 aliphatic rings. The molecule has 12 heavy (non-hydrogen) atoms. The van der Waals surface area contributed by atoms with Crippen LogP contribution in [0.5, 0.6) is 0 Å². The molecule has 1 heterocycles. The van der Waals surface area contributed by atoms with E-state index in [-0.39, 0.29) is 6.54 Å². The molecule has 0 bridgehead atoms. The molecule has 0 aromatic rings. The maximum Gasteiger partial charge on any atom is 0.414 e. The number of rotatable bonds is 1. The van der Waals surface area contributed by atoms with Gasteiger partial charge in [0.2, 0.25) is 0 Å². The first-order valence-corrected chi connectivity index (χ1v) is 3.60. The van der Waals surface area contributed by atoms with E-state index in [0.29, 0.717) is 13.2 Å². The second-order valence-electron chi connectivity index (χ2n) is 2.59. The Morgan fingerprint density at radius 3 is 2.58 bits per heavy atom. The largest absolute Gasteiger partial charge is 0.414 e. The lowest BCUT2D eigenvalue weighted by Crippen LogP contribution is -2.42. The van der Waals surface area contributed by atoms with Crippen molar-refractivity contribution in [3.63, 3.8) is 0 Å². The zero-order chi connectivity index (χ0) is 9.19. The lowest BCUT2D eigenvalue weighted by Gasteiger charge is -2.26. The van der Waals surface area contributed by atoms with Gasteiger partial charge in [-0.3, -0.25) is 0 Å². The van der Waals surface area contributed by atoms with Crippen LogP contribution in [0.1, 0.15) is 0 Å². The second-order valence-corrected chi connectivity index (χ2v) is 2.59. The SMILES string of the molecule is C=C([C@H]1CNCCO1)C(F)(F)F. The van der Waals surface area contributed by atoms with Crippen LogP contribution in [0.25, 0.3) is 0 Å². The third-order valence-electron chi connectivity index (χ3n) is 1.68. The van der Waals surface area contributed by atoms with Crippen LogP contribution < -0.4 is 5.32 Å². The summed E-state index contributed by atoms with van der Waals surface area (Å²) in [5.41, 5.74) is -0.810. The molecule has 1 saturated heterocycles. The van der Waals surface area contributed by atoms with E-state index in [1.807, 2.05) is 0 Å². The molecule has 0 unspecified atom stereocenters. The highest BCUT2D eigenvalue weighted by atomic mass is 19.4. The fourth-order valence-corrected chi connectivity index (χ4v) is 0.972. The molecule has 5 heteroatoms. The van der Waals surface area contributed by atoms with E-state index in [0.717, 1.165) is 0 Å². The lowest BCUT2D eigenvalue weighted by molar-refractivity contribution is -0.113. The summed E-state index contributed by atoms with van der Waals surface area (Å²) < 4.78 is 41.0. The van der Waals surface area contributed by atoms with E-state index >= 15 is 0 Å². The summed E-state index contributed by atoms with van der Waals surface area (Å²) in [6, 6.07) is 0. The Kier molecular flexibility index (Phi) is 2.74. The van der Waals surface area contributed by atoms with Crippen molar-refractivity contribution in [1.82, 2.24) is 5.32 Å². The molecule has 2 nitrogen and oxygen atoms in total. The number of halogens is 3. The van der Waals surface area contributed by atoms with Gasteiger partial charge in [-0.25, -0.2) is 0 Å². The molecule has 0 saturated carbocycles. The molecule has 0 aromatic heterocycles. The third-order valence-corrected chi connectivity index (χ3v) is 1.68. The van der Waals surface area contributed by atoms with Gasteiger partial charge in [-0.2, -0.15) is 13.2 Å². The monoisotopic (exact) mass is 181 g/mol. The normalized spacial score (nSPS) is 25.4. The van der Waals surface area contributed by atoms with Crippen LogP contribution in [0.2, 0.25) is 0 Å². The van der Waals surface area contributed by atoms with Crippen molar-refractivity contribution in [2.24, 2.45) is 0 Å². The standard InChI is InChI=1S/C7H10F3NO/c1-5(7(8,9)10)6-4-11-2-3-12-6/h6,11H,1-4H2/t6-/m1/s1. The van der Waals surface area contributed by atoms with E-state index in [9.17, 15) is 13.2 Å². The Bertz CT molecular complexity index is 172. The molecule has 0 aliphatic carbocycles. The molecule has 1 rings (SSSR count). The first-order chi connectivity index (χ1) is 5.52. The van der Waals surface area contributed by atoms with Gasteiger partial charge in [0.05, 0.1) is 18.3 Å². The number of hydrogen-bond acceptors (Lipinski definition) is 2. The van der Waals surface area contributed by atoms with Gasteiger partial charge in [-0.15, -0.1) is 0 Å². The minimum atomic E-state index is -4.34. The zero-order valence-electron chi connectivity index (χ0n) is 6.45. The number of ether oxygens (including phenoxy) is 1. The fraction of sp³-hybridized carbons (Fsp3) is 0.714. The van der Waals surface area contributed by atoms with Crippen molar-refractivity contribution in [1.29, 1.82) is 0 Å². The summed E-state index contributed by atoms with van der Waals surface area (Å²) in [6.07, 6.45) is -5.26. The zero-order valence-corrected chi connectivity index (χ0v) is 6.45. The highest BCUT2D eigenvalue weighted by Crippen LogP contribution is 2.28. The number of nitrogens with one attached hydrogen (secondary N) is 1. The topological polar surface area (TPSA) is 21.3 Å². The maximum absolute atomic E-state index is 12.0. The first kappa shape index (κ1) is 9.54. The molecule has 1 aliphatic heterocycles. The molecule has 70 valence electrons. The average molecular weight is 181 g/mol. The van der Waals surface area contributed by atoms with Crippen LogP contribution in [0, 0.1) is 0 Å². The molecule has 1 fully saturated rings. The molecule has 0 spiro atoms. The van der Waals surface area contributed by atoms with Crippen molar-refractivity contribution in [2.45, 2.75) is 12.3 Å². The summed E-state index contributed by atoms with van der Waals surface area (Å²) in [5.74, 6) is 0. The van der Waals surface area contributed by atoms with Crippen molar-refractivity contribution < 1.29 is 17.9 Å². The molecular weight excluding hydrogens is 171 g/mol. The Morgan fingerprint density at radius 2 is 2.17 bits per heavy atom. The molecule has 1 atom stereocenters. The molecule has 0 radical (unpaired) electrons. The summed E-state index contributed by atoms with van der Waals surface area (Å²) in [6.45, 7) is 4.06. The Morgan fingerprint density at radius 1 is 1.50 bits per heavy atom. The van der Waals surface area contributed by atoms with Crippen LogP contribution in [0.4, 0.5) is 13.2 Å². The summed E-state index contributed by atoms with van der Waals surface area (Å²) >= 11 is 0. The third kappa shape index (κ3) is 2.22. The highest BCUT2D eigenvalue weighted by molar-refractivity contribution is 5.10. The minimum Gasteiger partial charge on any atom is -0.371 e. The van der Waals surface area contributed by atoms with Gasteiger partial charge in [-0.05, 0) is 0 Å². The number of hydrogen-bond donors (Lipinski definition) is 1. The van der Waals surface area contributed by atoms with Gasteiger partial charge in [0.25, 0.3) is 0 Å². The molecule has 0 aromatic carbocycles. The van der Waals surface area contributed by atoms with Crippen molar-refractivity contribution in [3.8, 4) is 0 Å². The van der Waals surface area contributed by atoms with Crippen LogP contribution in [-0.2, 0) is 4.74 Å². The van der Waals surface area contributed by atoms with Gasteiger partial charge >= 0.3 is 6.18 Å². The number of alkyl halides is 3. The van der Waals surface area contributed by atoms with Crippen LogP contribution >= 0.6 is 0 Å². The van der Waals surface area contributed by atoms with Gasteiger partial charge in [0, 0.05) is 13.1 Å². The maximum atomic E-state index is 12.0. The van der Waals surface area contributed by atoms with Gasteiger partial charge in [0.1, 0.15) is 0 Å². The van der Waals surface area contributed by atoms with Gasteiger partial charge in [0.15, 0.2) is 0 Å². The van der Waals surface area contributed by atoms with Crippen LogP contribution in [-0.4, -0.2) is 32.0 Å². The molecule has 1 N–H and O–H groups in total. The van der Waals surface area contributed by atoms with Gasteiger partial charge < -0.3 is 10.1 Å². The predicted molar refractivity (Wildman–Crippen MR) is 37.8 cm³/mol. The summed E-state index contributed by atoms with van der Waals surface area (Å²) in [5, 5.41) is 2.80. The average Bonchev–Trinajstić information content (AvgIpc) is 2.03. The van der Waals surface area contributed by atoms with Crippen molar-refractivity contribution in [3.05, 3.63) is 12.2 Å². The first-order valence-electron chi connectivity index (χ1n) is 3.60. The Balaban J connectivity index is 2.51. The summed E-state index contributed by atoms with van der Waals surface area (Å²) in [7, 11) is 0. The van der Waals surface area contributed by atoms with Crippen molar-refractivity contribution >= 4 is 0 Å². The van der Waals surface area contributed by atoms with Gasteiger partial charge in [-0.1, -0.05) is 6.58 Å². The predicted octanol–water partition coefficient (Wildman–Crippen LogP) is 1.09. The van der Waals surface area contributed by atoms with Crippen LogP contribution in [0.3, 0.4) is 0 Å². The number of morpholine rings is 1. The quantitative estimate of drug-likeness (QED) is 0.611. The van der Waals surface area contributed by atoms with E-state index in [4.69, 9.17) is 4.74 Å². The summed E-state index contributed by atoms with van der Waals surface area (Å²) in [4.78, 5) is 0. The smallest absolute Gasteiger partial charge is 0.371 e. The van der Waals surface area contributed by atoms with E-state index in [1.165, 1.54) is 0 Å². The Labute approximate surface area is 68.4 Å². The van der Waals surface area contributed by atoms with E-state index in [1.54, 1.807) is 0 Å². The van der Waals surface area contributed by atoms with E-state index in [2.05, 4.69) is 11.9 Å². The van der Waals surface area contributed by atoms with Crippen LogP contribution in [0.15, 0.2) is 12.2 Å². The Hall–Kier alpha value is -0.550. The minimum absolute atomic E-state index is 0.193. The molecular formula is C7H10F3NO. The molecule has 0 amide bonds.